The predicted octanol–water partition coefficient (Wildman–Crippen LogP) is -0.397. The highest BCUT2D eigenvalue weighted by Crippen LogP contribution is 2.19. The molecule has 0 radical (unpaired) electrons. The molecule has 0 fully saturated rings. The molecule has 13 heavy (non-hydrogen) atoms. The summed E-state index contributed by atoms with van der Waals surface area (Å²) in [6, 6.07) is 0.904. The minimum absolute atomic E-state index is 0.187. The Hall–Kier alpha value is 0.0569. The zero-order valence-electron chi connectivity index (χ0n) is 8.53. The van der Waals surface area contributed by atoms with Gasteiger partial charge in [0.05, 0.1) is 0 Å². The summed E-state index contributed by atoms with van der Waals surface area (Å²) >= 11 is 0. The molecule has 80 valence electrons. The highest BCUT2D eigenvalue weighted by Gasteiger charge is 2.32. The normalized spacial score (nSPS) is 17.1. The summed E-state index contributed by atoms with van der Waals surface area (Å²) in [6.45, 7) is 4.88. The van der Waals surface area contributed by atoms with E-state index in [4.69, 9.17) is 11.5 Å². The monoisotopic (exact) mass is 206 g/mol. The molecule has 5 heteroatoms. The molecule has 0 aromatic carbocycles. The van der Waals surface area contributed by atoms with Gasteiger partial charge < -0.3 is 21.1 Å². The van der Waals surface area contributed by atoms with Crippen LogP contribution in [0.2, 0.25) is 12.1 Å². The van der Waals surface area contributed by atoms with E-state index in [9.17, 15) is 9.59 Å². The SMILES string of the molecule is CC(CN)C[Si](O)(O)CC(C)CN. The molecule has 0 amide bonds. The molecule has 0 aromatic rings. The largest absolute Gasteiger partial charge is 0.411 e. The van der Waals surface area contributed by atoms with Crippen LogP contribution in [0.1, 0.15) is 13.8 Å². The van der Waals surface area contributed by atoms with E-state index in [0.717, 1.165) is 0 Å². The minimum atomic E-state index is -3.03. The lowest BCUT2D eigenvalue weighted by Gasteiger charge is -2.23. The Balaban J connectivity index is 3.92. The van der Waals surface area contributed by atoms with Crippen molar-refractivity contribution in [2.75, 3.05) is 13.1 Å². The first kappa shape index (κ1) is 13.1. The highest BCUT2D eigenvalue weighted by atomic mass is 28.4. The van der Waals surface area contributed by atoms with Crippen molar-refractivity contribution in [2.45, 2.75) is 25.9 Å². The molecule has 0 aliphatic rings. The van der Waals surface area contributed by atoms with Crippen LogP contribution in [0.25, 0.3) is 0 Å². The molecule has 2 atom stereocenters. The summed E-state index contributed by atoms with van der Waals surface area (Å²) in [6.07, 6.45) is 0. The Morgan fingerprint density at radius 3 is 1.54 bits per heavy atom. The smallest absolute Gasteiger partial charge is 0.333 e. The molecular formula is C8H22N2O2Si. The average Bonchev–Trinajstić information content (AvgIpc) is 2.02. The van der Waals surface area contributed by atoms with Crippen LogP contribution in [0.3, 0.4) is 0 Å². The third-order valence-corrected chi connectivity index (χ3v) is 4.86. The van der Waals surface area contributed by atoms with Crippen LogP contribution in [0.4, 0.5) is 0 Å². The lowest BCUT2D eigenvalue weighted by Crippen LogP contribution is -2.40. The number of hydrogen-bond acceptors (Lipinski definition) is 4. The fourth-order valence-corrected chi connectivity index (χ4v) is 4.10. The topological polar surface area (TPSA) is 92.5 Å². The van der Waals surface area contributed by atoms with Crippen molar-refractivity contribution in [3.63, 3.8) is 0 Å². The highest BCUT2D eigenvalue weighted by molar-refractivity contribution is 6.64. The molecule has 4 nitrogen and oxygen atoms in total. The Labute approximate surface area is 81.2 Å². The van der Waals surface area contributed by atoms with Gasteiger partial charge in [0, 0.05) is 0 Å². The molecule has 0 saturated heterocycles. The maximum absolute atomic E-state index is 9.70. The Bertz CT molecular complexity index is 130. The summed E-state index contributed by atoms with van der Waals surface area (Å²) in [5.41, 5.74) is 10.8. The summed E-state index contributed by atoms with van der Waals surface area (Å²) in [4.78, 5) is 19.4. The van der Waals surface area contributed by atoms with Gasteiger partial charge in [-0.05, 0) is 37.0 Å². The third-order valence-electron chi connectivity index (χ3n) is 2.16. The molecule has 0 rings (SSSR count). The van der Waals surface area contributed by atoms with E-state index in [1.165, 1.54) is 0 Å². The first-order valence-corrected chi connectivity index (χ1v) is 7.07. The maximum Gasteiger partial charge on any atom is 0.333 e. The number of hydrogen-bond donors (Lipinski definition) is 4. The lowest BCUT2D eigenvalue weighted by atomic mass is 10.2. The van der Waals surface area contributed by atoms with Crippen LogP contribution >= 0.6 is 0 Å². The summed E-state index contributed by atoms with van der Waals surface area (Å²) in [5, 5.41) is 0. The van der Waals surface area contributed by atoms with Crippen LogP contribution in [-0.2, 0) is 0 Å². The van der Waals surface area contributed by atoms with Crippen LogP contribution in [-0.4, -0.2) is 31.2 Å². The van der Waals surface area contributed by atoms with E-state index in [1.54, 1.807) is 0 Å². The Morgan fingerprint density at radius 1 is 1.00 bits per heavy atom. The minimum Gasteiger partial charge on any atom is -0.411 e. The van der Waals surface area contributed by atoms with Gasteiger partial charge in [-0.1, -0.05) is 13.8 Å². The van der Waals surface area contributed by atoms with Gasteiger partial charge in [-0.25, -0.2) is 0 Å². The molecule has 2 unspecified atom stereocenters. The van der Waals surface area contributed by atoms with E-state index >= 15 is 0 Å². The van der Waals surface area contributed by atoms with Gasteiger partial charge in [0.25, 0.3) is 0 Å². The second-order valence-electron chi connectivity index (χ2n) is 4.07. The lowest BCUT2D eigenvalue weighted by molar-refractivity contribution is 0.333. The van der Waals surface area contributed by atoms with Crippen molar-refractivity contribution < 1.29 is 9.59 Å². The molecule has 0 heterocycles. The maximum atomic E-state index is 9.70. The molecule has 6 N–H and O–H groups in total. The standard InChI is InChI=1S/C8H22N2O2Si/c1-7(3-9)5-13(11,12)6-8(2)4-10/h7-8,11-12H,3-6,9-10H2,1-2H3. The van der Waals surface area contributed by atoms with Crippen molar-refractivity contribution in [1.82, 2.24) is 0 Å². The van der Waals surface area contributed by atoms with E-state index in [1.807, 2.05) is 13.8 Å². The fraction of sp³-hybridized carbons (Fsp3) is 1.00. The quantitative estimate of drug-likeness (QED) is 0.445. The molecule has 0 saturated carbocycles. The summed E-state index contributed by atoms with van der Waals surface area (Å²) in [5.74, 6) is 0.373. The summed E-state index contributed by atoms with van der Waals surface area (Å²) in [7, 11) is -3.03. The van der Waals surface area contributed by atoms with Crippen molar-refractivity contribution in [3.05, 3.63) is 0 Å². The molecule has 0 spiro atoms. The van der Waals surface area contributed by atoms with Crippen LogP contribution in [0, 0.1) is 11.8 Å². The summed E-state index contributed by atoms with van der Waals surface area (Å²) < 4.78 is 0. The molecule has 0 aliphatic heterocycles. The van der Waals surface area contributed by atoms with Gasteiger partial charge in [0.2, 0.25) is 0 Å². The third kappa shape index (κ3) is 6.17. The van der Waals surface area contributed by atoms with Crippen LogP contribution < -0.4 is 11.5 Å². The molecule has 0 aromatic heterocycles. The predicted molar refractivity (Wildman–Crippen MR) is 56.2 cm³/mol. The van der Waals surface area contributed by atoms with E-state index < -0.39 is 8.56 Å². The number of nitrogens with two attached hydrogens (primary N) is 2. The van der Waals surface area contributed by atoms with Gasteiger partial charge in [0.1, 0.15) is 0 Å². The van der Waals surface area contributed by atoms with E-state index in [2.05, 4.69) is 0 Å². The van der Waals surface area contributed by atoms with E-state index in [0.29, 0.717) is 25.2 Å². The Kier molecular flexibility index (Phi) is 5.74. The Morgan fingerprint density at radius 2 is 1.31 bits per heavy atom. The molecular weight excluding hydrogens is 184 g/mol. The van der Waals surface area contributed by atoms with Crippen LogP contribution in [0.5, 0.6) is 0 Å². The number of rotatable bonds is 6. The average molecular weight is 206 g/mol. The first-order chi connectivity index (χ1) is 5.91. The van der Waals surface area contributed by atoms with Crippen molar-refractivity contribution >= 4 is 8.56 Å². The second-order valence-corrected chi connectivity index (χ2v) is 6.85. The molecule has 0 bridgehead atoms. The fourth-order valence-electron chi connectivity index (χ4n) is 1.37. The van der Waals surface area contributed by atoms with Gasteiger partial charge in [-0.15, -0.1) is 0 Å². The zero-order valence-corrected chi connectivity index (χ0v) is 9.53. The van der Waals surface area contributed by atoms with Gasteiger partial charge in [-0.2, -0.15) is 0 Å². The van der Waals surface area contributed by atoms with Crippen molar-refractivity contribution in [2.24, 2.45) is 23.3 Å². The van der Waals surface area contributed by atoms with Gasteiger partial charge in [-0.3, -0.25) is 0 Å². The molecule has 0 aliphatic carbocycles. The first-order valence-electron chi connectivity index (χ1n) is 4.76. The van der Waals surface area contributed by atoms with Crippen LogP contribution in [0.15, 0.2) is 0 Å². The van der Waals surface area contributed by atoms with E-state index in [-0.39, 0.29) is 11.8 Å². The zero-order chi connectivity index (χ0) is 10.5. The van der Waals surface area contributed by atoms with Crippen molar-refractivity contribution in [3.8, 4) is 0 Å². The van der Waals surface area contributed by atoms with Gasteiger partial charge in [0.15, 0.2) is 0 Å². The second kappa shape index (κ2) is 5.72. The van der Waals surface area contributed by atoms with Crippen molar-refractivity contribution in [1.29, 1.82) is 0 Å². The van der Waals surface area contributed by atoms with Gasteiger partial charge >= 0.3 is 8.56 Å².